The van der Waals surface area contributed by atoms with Crippen LogP contribution in [0.3, 0.4) is 0 Å². The number of hydrogen-bond acceptors (Lipinski definition) is 7. The fourth-order valence-corrected chi connectivity index (χ4v) is 6.74. The minimum atomic E-state index is -3.27. The van der Waals surface area contributed by atoms with E-state index in [-0.39, 0.29) is 29.6 Å². The third-order valence-corrected chi connectivity index (χ3v) is 7.95. The molecule has 31 heavy (non-hydrogen) atoms. The monoisotopic (exact) mass is 452 g/mol. The molecule has 1 aromatic rings. The number of cyclic esters (lactones) is 1. The number of amides is 2. The molecule has 0 aromatic heterocycles. The van der Waals surface area contributed by atoms with E-state index in [1.807, 2.05) is 25.1 Å². The summed E-state index contributed by atoms with van der Waals surface area (Å²) >= 11 is 0. The van der Waals surface area contributed by atoms with Gasteiger partial charge in [0.2, 0.25) is 0 Å². The predicted molar refractivity (Wildman–Crippen MR) is 112 cm³/mol. The van der Waals surface area contributed by atoms with Crippen LogP contribution in [-0.2, 0) is 32.2 Å². The third kappa shape index (κ3) is 4.58. The average molecular weight is 453 g/mol. The van der Waals surface area contributed by atoms with Crippen molar-refractivity contribution in [2.24, 2.45) is 5.92 Å². The van der Waals surface area contributed by atoms with Gasteiger partial charge in [0.25, 0.3) is 0 Å². The molecule has 2 amide bonds. The molecule has 3 saturated heterocycles. The molecule has 0 radical (unpaired) electrons. The van der Waals surface area contributed by atoms with Crippen molar-refractivity contribution in [1.82, 2.24) is 10.2 Å². The van der Waals surface area contributed by atoms with Crippen LogP contribution >= 0.6 is 0 Å². The zero-order valence-electron chi connectivity index (χ0n) is 17.7. The van der Waals surface area contributed by atoms with Gasteiger partial charge in [-0.3, -0.25) is 0 Å². The molecule has 0 bridgehead atoms. The number of alkyl carbamates (subject to hydrolysis) is 1. The Morgan fingerprint density at radius 3 is 2.77 bits per heavy atom. The van der Waals surface area contributed by atoms with Gasteiger partial charge in [-0.1, -0.05) is 19.1 Å². The second-order valence-electron chi connectivity index (χ2n) is 8.44. The molecule has 3 aliphatic rings. The minimum Gasteiger partial charge on any atom is -0.496 e. The van der Waals surface area contributed by atoms with Gasteiger partial charge in [-0.15, -0.1) is 0 Å². The summed E-state index contributed by atoms with van der Waals surface area (Å²) in [5.74, 6) is 0.288. The highest BCUT2D eigenvalue weighted by Crippen LogP contribution is 2.31. The quantitative estimate of drug-likeness (QED) is 0.668. The first-order valence-corrected chi connectivity index (χ1v) is 12.4. The van der Waals surface area contributed by atoms with E-state index in [0.717, 1.165) is 17.5 Å². The highest BCUT2D eigenvalue weighted by Gasteiger charge is 2.47. The molecule has 3 unspecified atom stereocenters. The highest BCUT2D eigenvalue weighted by atomic mass is 32.2. The van der Waals surface area contributed by atoms with Gasteiger partial charge in [0, 0.05) is 12.5 Å². The fraction of sp³-hybridized carbons (Fsp3) is 0.619. The summed E-state index contributed by atoms with van der Waals surface area (Å²) in [5.41, 5.74) is 1.87. The Balaban J connectivity index is 1.54. The molecule has 170 valence electrons. The summed E-state index contributed by atoms with van der Waals surface area (Å²) in [6.07, 6.45) is 0.570. The third-order valence-electron chi connectivity index (χ3n) is 6.15. The van der Waals surface area contributed by atoms with Gasteiger partial charge in [0.1, 0.15) is 18.5 Å². The van der Waals surface area contributed by atoms with E-state index in [1.165, 1.54) is 0 Å². The zero-order valence-corrected chi connectivity index (χ0v) is 18.5. The van der Waals surface area contributed by atoms with Gasteiger partial charge in [-0.2, -0.15) is 0 Å². The van der Waals surface area contributed by atoms with Crippen molar-refractivity contribution in [3.8, 4) is 5.75 Å². The summed E-state index contributed by atoms with van der Waals surface area (Å²) in [6.45, 7) is 2.98. The van der Waals surface area contributed by atoms with Crippen molar-refractivity contribution in [3.63, 3.8) is 0 Å². The molecule has 1 aromatic carbocycles. The van der Waals surface area contributed by atoms with Crippen molar-refractivity contribution in [1.29, 1.82) is 0 Å². The molecular formula is C21H28N2O7S. The van der Waals surface area contributed by atoms with Crippen molar-refractivity contribution in [2.75, 3.05) is 31.8 Å². The predicted octanol–water partition coefficient (Wildman–Crippen LogP) is 1.53. The van der Waals surface area contributed by atoms with Gasteiger partial charge in [0.05, 0.1) is 30.7 Å². The van der Waals surface area contributed by atoms with E-state index in [2.05, 4.69) is 5.32 Å². The van der Waals surface area contributed by atoms with Gasteiger partial charge in [0.15, 0.2) is 9.84 Å². The summed E-state index contributed by atoms with van der Waals surface area (Å²) in [7, 11) is -1.67. The van der Waals surface area contributed by atoms with Crippen LogP contribution < -0.4 is 10.1 Å². The van der Waals surface area contributed by atoms with Crippen LogP contribution in [0.2, 0.25) is 0 Å². The largest absolute Gasteiger partial charge is 0.496 e. The second-order valence-corrected chi connectivity index (χ2v) is 10.6. The maximum Gasteiger partial charge on any atom is 0.410 e. The second kappa shape index (κ2) is 8.57. The van der Waals surface area contributed by atoms with Gasteiger partial charge < -0.3 is 24.4 Å². The van der Waals surface area contributed by atoms with Crippen molar-refractivity contribution in [3.05, 3.63) is 29.3 Å². The number of ether oxygens (including phenoxy) is 3. The number of benzene rings is 1. The minimum absolute atomic E-state index is 0.0142. The Bertz CT molecular complexity index is 964. The Labute approximate surface area is 181 Å². The average Bonchev–Trinajstić information content (AvgIpc) is 3.24. The van der Waals surface area contributed by atoms with E-state index < -0.39 is 28.1 Å². The van der Waals surface area contributed by atoms with Crippen LogP contribution in [0.5, 0.6) is 5.75 Å². The number of fused-ring (bicyclic) bond motifs is 1. The number of rotatable bonds is 7. The molecular weight excluding hydrogens is 424 g/mol. The number of nitrogens with one attached hydrogen (secondary N) is 1. The van der Waals surface area contributed by atoms with Crippen molar-refractivity contribution < 1.29 is 32.2 Å². The van der Waals surface area contributed by atoms with Crippen LogP contribution in [0.4, 0.5) is 9.59 Å². The standard InChI is InChI=1S/C21H28N2O7S/c1-3-6-23-16(10-29-21(23)25)9-14-7-13(4-5-18(14)28-2)8-15-11-31(26,27)12-17-19(15)30-20(24)22-17/h4-5,7,15-17,19H,3,6,8-12H2,1-2H3,(H,22,24)/t15?,16-,17?,19?/m0/s1. The first-order valence-electron chi connectivity index (χ1n) is 10.6. The van der Waals surface area contributed by atoms with Crippen molar-refractivity contribution in [2.45, 2.75) is 44.4 Å². The molecule has 3 aliphatic heterocycles. The van der Waals surface area contributed by atoms with E-state index in [4.69, 9.17) is 14.2 Å². The number of nitrogens with zero attached hydrogens (tertiary/aromatic N) is 1. The fourth-order valence-electron chi connectivity index (χ4n) is 4.82. The van der Waals surface area contributed by atoms with E-state index in [0.29, 0.717) is 31.7 Å². The van der Waals surface area contributed by atoms with Crippen LogP contribution in [0.15, 0.2) is 18.2 Å². The normalized spacial score (nSPS) is 29.2. The summed E-state index contributed by atoms with van der Waals surface area (Å²) < 4.78 is 40.8. The Morgan fingerprint density at radius 1 is 1.23 bits per heavy atom. The smallest absolute Gasteiger partial charge is 0.410 e. The Morgan fingerprint density at radius 2 is 2.03 bits per heavy atom. The molecule has 0 aliphatic carbocycles. The van der Waals surface area contributed by atoms with Crippen LogP contribution in [0.1, 0.15) is 24.5 Å². The lowest BCUT2D eigenvalue weighted by Gasteiger charge is -2.31. The first kappa shape index (κ1) is 21.7. The first-order chi connectivity index (χ1) is 14.8. The highest BCUT2D eigenvalue weighted by molar-refractivity contribution is 7.91. The summed E-state index contributed by atoms with van der Waals surface area (Å²) in [4.78, 5) is 25.4. The molecule has 9 nitrogen and oxygen atoms in total. The number of methoxy groups -OCH3 is 1. The van der Waals surface area contributed by atoms with Crippen LogP contribution in [-0.4, -0.2) is 75.5 Å². The maximum absolute atomic E-state index is 12.3. The molecule has 4 rings (SSSR count). The van der Waals surface area contributed by atoms with E-state index >= 15 is 0 Å². The van der Waals surface area contributed by atoms with Crippen LogP contribution in [0.25, 0.3) is 0 Å². The molecule has 1 N–H and O–H groups in total. The lowest BCUT2D eigenvalue weighted by Crippen LogP contribution is -2.49. The lowest BCUT2D eigenvalue weighted by molar-refractivity contribution is 0.0970. The molecule has 0 saturated carbocycles. The Kier molecular flexibility index (Phi) is 6.00. The number of sulfone groups is 1. The van der Waals surface area contributed by atoms with Crippen LogP contribution in [0, 0.1) is 5.92 Å². The van der Waals surface area contributed by atoms with Gasteiger partial charge in [-0.05, 0) is 36.5 Å². The summed E-state index contributed by atoms with van der Waals surface area (Å²) in [6, 6.07) is 5.18. The number of hydrogen-bond donors (Lipinski definition) is 1. The molecule has 3 heterocycles. The maximum atomic E-state index is 12.3. The molecule has 3 fully saturated rings. The molecule has 10 heteroatoms. The van der Waals surface area contributed by atoms with E-state index in [9.17, 15) is 18.0 Å². The zero-order chi connectivity index (χ0) is 22.2. The lowest BCUT2D eigenvalue weighted by atomic mass is 9.90. The molecule has 0 spiro atoms. The van der Waals surface area contributed by atoms with Gasteiger partial charge >= 0.3 is 12.2 Å². The SMILES string of the molecule is CCCN1C(=O)OC[C@@H]1Cc1cc(CC2CS(=O)(=O)CC3NC(=O)OC23)ccc1OC. The molecule has 4 atom stereocenters. The summed E-state index contributed by atoms with van der Waals surface area (Å²) in [5, 5.41) is 2.61. The van der Waals surface area contributed by atoms with Gasteiger partial charge in [-0.25, -0.2) is 18.0 Å². The topological polar surface area (TPSA) is 111 Å². The number of carbonyl (C=O) groups excluding carboxylic acids is 2. The van der Waals surface area contributed by atoms with Crippen molar-refractivity contribution >= 4 is 22.0 Å². The Hall–Kier alpha value is -2.49. The number of carbonyl (C=O) groups is 2. The van der Waals surface area contributed by atoms with E-state index in [1.54, 1.807) is 12.0 Å².